The minimum absolute atomic E-state index is 0.0500. The fourth-order valence-corrected chi connectivity index (χ4v) is 3.63. The zero-order chi connectivity index (χ0) is 20.5. The molecule has 148 valence electrons. The van der Waals surface area contributed by atoms with Gasteiger partial charge in [0.2, 0.25) is 0 Å². The summed E-state index contributed by atoms with van der Waals surface area (Å²) in [6, 6.07) is 5.35. The van der Waals surface area contributed by atoms with Crippen molar-refractivity contribution in [3.8, 4) is 0 Å². The van der Waals surface area contributed by atoms with Crippen LogP contribution >= 0.6 is 11.6 Å². The Morgan fingerprint density at radius 2 is 1.54 bits per heavy atom. The molecule has 1 aromatic heterocycles. The highest BCUT2D eigenvalue weighted by molar-refractivity contribution is 6.30. The van der Waals surface area contributed by atoms with E-state index < -0.39 is 17.5 Å². The third-order valence-corrected chi connectivity index (χ3v) is 5.13. The predicted molar refractivity (Wildman–Crippen MR) is 103 cm³/mol. The van der Waals surface area contributed by atoms with Crippen LogP contribution in [0.3, 0.4) is 0 Å². The molecule has 0 spiro atoms. The highest BCUT2D eigenvalue weighted by Crippen LogP contribution is 2.48. The van der Waals surface area contributed by atoms with Gasteiger partial charge in [0.05, 0.1) is 0 Å². The third-order valence-electron chi connectivity index (χ3n) is 4.88. The van der Waals surface area contributed by atoms with Crippen LogP contribution in [0.5, 0.6) is 0 Å². The number of nitrogens with zero attached hydrogens (tertiary/aromatic N) is 5. The summed E-state index contributed by atoms with van der Waals surface area (Å²) in [5, 5.41) is 9.89. The molecule has 1 aliphatic carbocycles. The molecule has 0 unspecified atom stereocenters. The first-order valence-electron chi connectivity index (χ1n) is 8.46. The highest BCUT2D eigenvalue weighted by Gasteiger charge is 2.43. The van der Waals surface area contributed by atoms with Crippen molar-refractivity contribution in [3.05, 3.63) is 40.5 Å². The summed E-state index contributed by atoms with van der Waals surface area (Å²) in [5.41, 5.74) is 11.2. The van der Waals surface area contributed by atoms with E-state index in [1.807, 2.05) is 12.1 Å². The molecule has 8 N–H and O–H groups in total. The third kappa shape index (κ3) is 3.42. The van der Waals surface area contributed by atoms with Gasteiger partial charge in [-0.1, -0.05) is 36.6 Å². The second-order valence-electron chi connectivity index (χ2n) is 6.50. The molecule has 0 saturated heterocycles. The molecule has 12 heteroatoms. The van der Waals surface area contributed by atoms with E-state index in [1.165, 1.54) is 0 Å². The lowest BCUT2D eigenvalue weighted by atomic mass is 9.76. The summed E-state index contributed by atoms with van der Waals surface area (Å²) in [5.74, 6) is 11.0. The largest absolute Gasteiger partial charge is 0.350 e. The molecular formula is C16H20ClN9O2. The van der Waals surface area contributed by atoms with E-state index in [1.54, 1.807) is 12.1 Å². The van der Waals surface area contributed by atoms with Crippen LogP contribution in [0.1, 0.15) is 36.9 Å². The van der Waals surface area contributed by atoms with Crippen LogP contribution in [0.4, 0.5) is 21.4 Å². The first-order valence-corrected chi connectivity index (χ1v) is 8.84. The van der Waals surface area contributed by atoms with Gasteiger partial charge in [-0.25, -0.2) is 26.3 Å². The summed E-state index contributed by atoms with van der Waals surface area (Å²) in [6.07, 6.45) is 3.31. The molecule has 1 heterocycles. The molecule has 4 amide bonds. The fourth-order valence-electron chi connectivity index (χ4n) is 3.50. The minimum atomic E-state index is -1.00. The van der Waals surface area contributed by atoms with E-state index in [0.29, 0.717) is 20.7 Å². The van der Waals surface area contributed by atoms with Crippen molar-refractivity contribution < 1.29 is 9.59 Å². The van der Waals surface area contributed by atoms with Gasteiger partial charge in [0.15, 0.2) is 5.82 Å². The first-order chi connectivity index (χ1) is 13.3. The summed E-state index contributed by atoms with van der Waals surface area (Å²) in [6.45, 7) is 0. The Balaban J connectivity index is 2.21. The zero-order valence-corrected chi connectivity index (χ0v) is 15.6. The molecule has 28 heavy (non-hydrogen) atoms. The van der Waals surface area contributed by atoms with Crippen molar-refractivity contribution in [2.45, 2.75) is 31.1 Å². The standard InChI is InChI=1S/C16H20ClN9O2/c17-10-5-3-9(4-6-10)16(7-1-2-8-16)11-12(25(20)13(18)27)22-15(24-23-11)26(21)14(19)28/h3-6H,1-2,7-8,20-21H2,(H2,18,27)(H2,19,28). The van der Waals surface area contributed by atoms with E-state index in [9.17, 15) is 9.59 Å². The fraction of sp³-hybridized carbons (Fsp3) is 0.312. The summed E-state index contributed by atoms with van der Waals surface area (Å²) < 4.78 is 0. The van der Waals surface area contributed by atoms with Crippen molar-refractivity contribution in [3.63, 3.8) is 0 Å². The Kier molecular flexibility index (Phi) is 5.31. The highest BCUT2D eigenvalue weighted by atomic mass is 35.5. The molecule has 11 nitrogen and oxygen atoms in total. The maximum atomic E-state index is 11.7. The molecule has 0 bridgehead atoms. The summed E-state index contributed by atoms with van der Waals surface area (Å²) in [4.78, 5) is 27.2. The van der Waals surface area contributed by atoms with Crippen molar-refractivity contribution >= 4 is 35.4 Å². The summed E-state index contributed by atoms with van der Waals surface area (Å²) >= 11 is 6.03. The molecule has 1 saturated carbocycles. The van der Waals surface area contributed by atoms with Crippen LogP contribution in [0.15, 0.2) is 24.3 Å². The van der Waals surface area contributed by atoms with Crippen molar-refractivity contribution in [2.24, 2.45) is 23.2 Å². The number of carbonyl (C=O) groups is 2. The van der Waals surface area contributed by atoms with Crippen molar-refractivity contribution in [1.82, 2.24) is 15.2 Å². The molecule has 0 radical (unpaired) electrons. The number of benzene rings is 1. The van der Waals surface area contributed by atoms with Gasteiger partial charge in [-0.3, -0.25) is 0 Å². The number of halogens is 1. The number of urea groups is 2. The van der Waals surface area contributed by atoms with E-state index >= 15 is 0 Å². The van der Waals surface area contributed by atoms with E-state index in [2.05, 4.69) is 15.2 Å². The Morgan fingerprint density at radius 3 is 2.07 bits per heavy atom. The molecule has 3 rings (SSSR count). The number of anilines is 2. The quantitative estimate of drug-likeness (QED) is 0.330. The molecule has 1 aromatic carbocycles. The maximum Gasteiger partial charge on any atom is 0.336 e. The normalized spacial score (nSPS) is 15.2. The second-order valence-corrected chi connectivity index (χ2v) is 6.93. The summed E-state index contributed by atoms with van der Waals surface area (Å²) in [7, 11) is 0. The number of rotatable bonds is 4. The molecule has 2 aromatic rings. The van der Waals surface area contributed by atoms with Crippen molar-refractivity contribution in [2.75, 3.05) is 10.0 Å². The molecule has 0 aliphatic heterocycles. The number of aromatic nitrogens is 3. The Labute approximate surface area is 165 Å². The van der Waals surface area contributed by atoms with Gasteiger partial charge in [-0.2, -0.15) is 9.99 Å². The average Bonchev–Trinajstić information content (AvgIpc) is 3.17. The van der Waals surface area contributed by atoms with Crippen LogP contribution in [-0.2, 0) is 5.41 Å². The molecule has 0 atom stereocenters. The lowest BCUT2D eigenvalue weighted by molar-refractivity contribution is 0.253. The molecule has 1 fully saturated rings. The van der Waals surface area contributed by atoms with Gasteiger partial charge in [0.1, 0.15) is 5.69 Å². The van der Waals surface area contributed by atoms with E-state index in [-0.39, 0.29) is 11.8 Å². The van der Waals surface area contributed by atoms with Crippen LogP contribution < -0.4 is 33.2 Å². The van der Waals surface area contributed by atoms with Crippen LogP contribution in [-0.4, -0.2) is 27.2 Å². The Hall–Kier alpha value is -3.02. The van der Waals surface area contributed by atoms with Gasteiger partial charge in [0.25, 0.3) is 5.95 Å². The maximum absolute atomic E-state index is 11.7. The molecule has 1 aliphatic rings. The lowest BCUT2D eigenvalue weighted by Crippen LogP contribution is -2.46. The van der Waals surface area contributed by atoms with Gasteiger partial charge in [-0.15, -0.1) is 10.2 Å². The van der Waals surface area contributed by atoms with Crippen LogP contribution in [0.25, 0.3) is 0 Å². The van der Waals surface area contributed by atoms with Gasteiger partial charge >= 0.3 is 12.1 Å². The number of primary amides is 2. The van der Waals surface area contributed by atoms with Gasteiger partial charge < -0.3 is 11.5 Å². The number of hydrazine groups is 2. The van der Waals surface area contributed by atoms with Gasteiger partial charge in [-0.05, 0) is 30.5 Å². The Morgan fingerprint density at radius 1 is 0.964 bits per heavy atom. The average molecular weight is 406 g/mol. The number of hydrogen-bond acceptors (Lipinski definition) is 7. The zero-order valence-electron chi connectivity index (χ0n) is 14.9. The van der Waals surface area contributed by atoms with Gasteiger partial charge in [0, 0.05) is 10.4 Å². The predicted octanol–water partition coefficient (Wildman–Crippen LogP) is 0.903. The van der Waals surface area contributed by atoms with E-state index in [0.717, 1.165) is 31.2 Å². The number of hydrogen-bond donors (Lipinski definition) is 4. The second kappa shape index (κ2) is 7.54. The SMILES string of the molecule is NC(=O)N(N)c1nnc(C2(c3ccc(Cl)cc3)CCCC2)c(N(N)C(N)=O)n1. The first kappa shape index (κ1) is 19.7. The number of amides is 4. The molecular weight excluding hydrogens is 386 g/mol. The number of carbonyl (C=O) groups excluding carboxylic acids is 2. The van der Waals surface area contributed by atoms with E-state index in [4.69, 9.17) is 34.8 Å². The topological polar surface area (TPSA) is 183 Å². The Bertz CT molecular complexity index is 899. The lowest BCUT2D eigenvalue weighted by Gasteiger charge is -2.31. The monoisotopic (exact) mass is 405 g/mol. The van der Waals surface area contributed by atoms with Crippen LogP contribution in [0.2, 0.25) is 5.02 Å². The smallest absolute Gasteiger partial charge is 0.336 e. The number of nitrogens with two attached hydrogens (primary N) is 4. The van der Waals surface area contributed by atoms with Crippen LogP contribution in [0, 0.1) is 0 Å². The van der Waals surface area contributed by atoms with Crippen molar-refractivity contribution in [1.29, 1.82) is 0 Å². The minimum Gasteiger partial charge on any atom is -0.350 e.